The van der Waals surface area contributed by atoms with Crippen molar-refractivity contribution in [1.29, 1.82) is 0 Å². The second kappa shape index (κ2) is 17.1. The maximum absolute atomic E-state index is 13.5. The van der Waals surface area contributed by atoms with E-state index in [1.54, 1.807) is 0 Å². The minimum absolute atomic E-state index is 0.0626. The topological polar surface area (TPSA) is 41.5 Å². The lowest BCUT2D eigenvalue weighted by molar-refractivity contribution is -0.894. The fourth-order valence-electron chi connectivity index (χ4n) is 10.2. The van der Waals surface area contributed by atoms with E-state index >= 15 is 0 Å². The van der Waals surface area contributed by atoms with Crippen LogP contribution in [0.1, 0.15) is 64.6 Å². The normalized spacial score (nSPS) is 16.0. The van der Waals surface area contributed by atoms with Gasteiger partial charge in [0.15, 0.2) is 17.4 Å². The Bertz CT molecular complexity index is 2260. The van der Waals surface area contributed by atoms with Crippen LogP contribution < -0.4 is 5.32 Å². The fourth-order valence-corrected chi connectivity index (χ4v) is 10.4. The van der Waals surface area contributed by atoms with Crippen molar-refractivity contribution < 1.29 is 9.28 Å². The van der Waals surface area contributed by atoms with E-state index in [0.29, 0.717) is 28.9 Å². The molecule has 1 N–H and O–H groups in total. The van der Waals surface area contributed by atoms with Gasteiger partial charge in [-0.2, -0.15) is 0 Å². The quantitative estimate of drug-likeness (QED) is 0.0916. The number of carbonyl (C=O) groups excluding carboxylic acids is 1. The van der Waals surface area contributed by atoms with Gasteiger partial charge in [0, 0.05) is 57.8 Å². The number of benzene rings is 7. The molecule has 0 radical (unpaired) electrons. The van der Waals surface area contributed by atoms with Crippen LogP contribution in [-0.2, 0) is 22.3 Å². The summed E-state index contributed by atoms with van der Waals surface area (Å²) in [4.78, 5) is 19.2. The average Bonchev–Trinajstić information content (AvgIpc) is 3.70. The number of carbonyl (C=O) groups is 1. The third-order valence-corrected chi connectivity index (χ3v) is 13.0. The number of nitrogens with zero attached hydrogens (tertiary/aromatic N) is 2. The molecular weight excluding hydrogens is 754 g/mol. The number of allylic oxidation sites excluding steroid dienone is 2. The van der Waals surface area contributed by atoms with E-state index in [-0.39, 0.29) is 11.8 Å². The zero-order valence-corrected chi connectivity index (χ0v) is 34.5. The molecule has 296 valence electrons. The van der Waals surface area contributed by atoms with E-state index in [4.69, 9.17) is 16.6 Å². The monoisotopic (exact) mass is 802 g/mol. The number of rotatable bonds is 13. The number of amides is 1. The van der Waals surface area contributed by atoms with E-state index < -0.39 is 11.1 Å². The maximum Gasteiger partial charge on any atom is 0.220 e. The summed E-state index contributed by atoms with van der Waals surface area (Å²) in [5, 5.41) is 4.07. The minimum Gasteiger partial charge on any atom is -0.356 e. The van der Waals surface area contributed by atoms with Crippen molar-refractivity contribution in [1.82, 2.24) is 5.32 Å². The first kappa shape index (κ1) is 39.1. The Labute approximate surface area is 359 Å². The molecule has 7 aromatic rings. The van der Waals surface area contributed by atoms with Crippen molar-refractivity contribution in [2.24, 2.45) is 10.9 Å². The van der Waals surface area contributed by atoms with Gasteiger partial charge >= 0.3 is 0 Å². The van der Waals surface area contributed by atoms with E-state index in [2.05, 4.69) is 194 Å². The molecule has 0 fully saturated rings. The van der Waals surface area contributed by atoms with Gasteiger partial charge in [-0.1, -0.05) is 206 Å². The van der Waals surface area contributed by atoms with Crippen molar-refractivity contribution in [2.75, 3.05) is 6.54 Å². The lowest BCUT2D eigenvalue weighted by Crippen LogP contribution is -2.71. The number of halogens is 1. The highest BCUT2D eigenvalue weighted by Crippen LogP contribution is 2.64. The average molecular weight is 803 g/mol. The van der Waals surface area contributed by atoms with Gasteiger partial charge in [-0.25, -0.2) is 9.48 Å². The summed E-state index contributed by atoms with van der Waals surface area (Å²) in [6, 6.07) is 74.2. The van der Waals surface area contributed by atoms with Crippen LogP contribution in [0.25, 0.3) is 0 Å². The Kier molecular flexibility index (Phi) is 11.2. The van der Waals surface area contributed by atoms with E-state index in [9.17, 15) is 4.79 Å². The van der Waals surface area contributed by atoms with Crippen LogP contribution in [0.5, 0.6) is 0 Å². The van der Waals surface area contributed by atoms with Gasteiger partial charge in [-0.05, 0) is 42.9 Å². The van der Waals surface area contributed by atoms with E-state index in [1.807, 2.05) is 24.3 Å². The molecule has 1 heterocycles. The molecule has 0 aromatic heterocycles. The van der Waals surface area contributed by atoms with Gasteiger partial charge in [-0.3, -0.25) is 4.79 Å². The van der Waals surface area contributed by atoms with Crippen LogP contribution >= 0.6 is 11.6 Å². The first-order valence-corrected chi connectivity index (χ1v) is 21.5. The highest BCUT2D eigenvalue weighted by Gasteiger charge is 2.71. The van der Waals surface area contributed by atoms with Crippen molar-refractivity contribution in [3.63, 3.8) is 0 Å². The van der Waals surface area contributed by atoms with E-state index in [1.165, 1.54) is 5.70 Å². The lowest BCUT2D eigenvalue weighted by atomic mass is 9.64. The molecule has 60 heavy (non-hydrogen) atoms. The Hall–Kier alpha value is -6.33. The summed E-state index contributed by atoms with van der Waals surface area (Å²) in [6.45, 7) is 0.584. The molecular formula is C55H49ClN3O+. The van der Waals surface area contributed by atoms with Gasteiger partial charge in [0.05, 0.1) is 0 Å². The number of aliphatic imine (C=N–C) groups is 1. The number of quaternary nitrogens is 1. The highest BCUT2D eigenvalue weighted by molar-refractivity contribution is 6.30. The summed E-state index contributed by atoms with van der Waals surface area (Å²) >= 11 is 6.14. The number of hydrogen-bond donors (Lipinski definition) is 1. The molecule has 2 aliphatic rings. The lowest BCUT2D eigenvalue weighted by Gasteiger charge is -2.60. The zero-order chi connectivity index (χ0) is 40.8. The molecule has 9 rings (SSSR count). The first-order chi connectivity index (χ1) is 29.6. The van der Waals surface area contributed by atoms with Gasteiger partial charge in [-0.15, -0.1) is 0 Å². The SMILES string of the molecule is O=C(CCc1ccc(Cl)cc1)NCC1CCC2=C(C1)[N+](C(c1ccccc1)(c1ccccc1)c1ccccc1)(C(c1ccccc1)(c1ccccc1)c1ccccc1)C=N2. The molecule has 1 atom stereocenters. The van der Waals surface area contributed by atoms with Gasteiger partial charge in [0.2, 0.25) is 5.91 Å². The molecule has 1 amide bonds. The Morgan fingerprint density at radius 2 is 0.950 bits per heavy atom. The molecule has 1 aliphatic heterocycles. The molecule has 0 saturated carbocycles. The van der Waals surface area contributed by atoms with Crippen LogP contribution in [0.15, 0.2) is 223 Å². The number of aryl methyl sites for hydroxylation is 1. The largest absolute Gasteiger partial charge is 0.356 e. The van der Waals surface area contributed by atoms with Gasteiger partial charge < -0.3 is 5.32 Å². The third-order valence-electron chi connectivity index (χ3n) is 12.8. The van der Waals surface area contributed by atoms with Gasteiger partial charge in [0.25, 0.3) is 0 Å². The number of nitrogens with one attached hydrogen (secondary N) is 1. The van der Waals surface area contributed by atoms with Crippen molar-refractivity contribution in [3.05, 3.63) is 262 Å². The molecule has 1 aliphatic carbocycles. The highest BCUT2D eigenvalue weighted by atomic mass is 35.5. The fraction of sp³-hybridized carbons (Fsp3) is 0.164. The summed E-state index contributed by atoms with van der Waals surface area (Å²) < 4.78 is 0.326. The molecule has 5 heteroatoms. The summed E-state index contributed by atoms with van der Waals surface area (Å²) in [5.41, 5.74) is 8.68. The second-order valence-corrected chi connectivity index (χ2v) is 16.5. The minimum atomic E-state index is -0.879. The van der Waals surface area contributed by atoms with Gasteiger partial charge in [0.1, 0.15) is 11.4 Å². The molecule has 0 saturated heterocycles. The predicted molar refractivity (Wildman–Crippen MR) is 244 cm³/mol. The molecule has 4 nitrogen and oxygen atoms in total. The molecule has 0 bridgehead atoms. The molecule has 0 spiro atoms. The van der Waals surface area contributed by atoms with E-state index in [0.717, 1.165) is 63.9 Å². The van der Waals surface area contributed by atoms with Crippen molar-refractivity contribution in [3.8, 4) is 0 Å². The maximum atomic E-state index is 13.5. The van der Waals surface area contributed by atoms with Crippen LogP contribution in [0.2, 0.25) is 5.02 Å². The van der Waals surface area contributed by atoms with Crippen LogP contribution in [0.3, 0.4) is 0 Å². The first-order valence-electron chi connectivity index (χ1n) is 21.1. The smallest absolute Gasteiger partial charge is 0.220 e. The standard InChI is InChI=1S/C55H48ClN3O/c56-50-35-31-42(32-36-50)34-38-53(60)57-40-43-33-37-51-52(39-43)59(41-58-51,54(44-19-7-1-8-20-44,45-21-9-2-10-22-45)46-23-11-3-12-24-46)55(47-25-13-4-14-26-47,48-27-15-5-16-28-48)49-29-17-6-18-30-49/h1-32,35-36,41,43H,33-34,37-40H2/p+1. The summed E-state index contributed by atoms with van der Waals surface area (Å²) in [7, 11) is 0. The third kappa shape index (κ3) is 6.70. The second-order valence-electron chi connectivity index (χ2n) is 16.0. The Morgan fingerprint density at radius 1 is 0.567 bits per heavy atom. The van der Waals surface area contributed by atoms with Crippen LogP contribution in [0.4, 0.5) is 0 Å². The molecule has 7 aromatic carbocycles. The van der Waals surface area contributed by atoms with Crippen molar-refractivity contribution in [2.45, 2.75) is 43.2 Å². The van der Waals surface area contributed by atoms with Crippen LogP contribution in [-0.4, -0.2) is 23.3 Å². The van der Waals surface area contributed by atoms with Crippen LogP contribution in [0, 0.1) is 5.92 Å². The Morgan fingerprint density at radius 3 is 1.33 bits per heavy atom. The summed E-state index contributed by atoms with van der Waals surface area (Å²) in [6.07, 6.45) is 5.87. The number of hydrogen-bond acceptors (Lipinski definition) is 2. The Balaban J connectivity index is 1.32. The summed E-state index contributed by atoms with van der Waals surface area (Å²) in [5.74, 6) is 0.245. The predicted octanol–water partition coefficient (Wildman–Crippen LogP) is 12.2. The zero-order valence-electron chi connectivity index (χ0n) is 33.7. The van der Waals surface area contributed by atoms with Crippen molar-refractivity contribution >= 4 is 23.8 Å². The molecule has 1 unspecified atom stereocenters.